The highest BCUT2D eigenvalue weighted by Gasteiger charge is 2.25. The van der Waals surface area contributed by atoms with Crippen molar-refractivity contribution in [2.75, 3.05) is 5.73 Å². The first-order valence-electron chi connectivity index (χ1n) is 7.25. The van der Waals surface area contributed by atoms with Crippen molar-refractivity contribution >= 4 is 21.7 Å². The van der Waals surface area contributed by atoms with Crippen LogP contribution in [0.25, 0.3) is 11.1 Å². The molecule has 0 aliphatic heterocycles. The Morgan fingerprint density at radius 3 is 2.60 bits per heavy atom. The van der Waals surface area contributed by atoms with Gasteiger partial charge in [-0.3, -0.25) is 4.68 Å². The Balaban J connectivity index is 2.12. The van der Waals surface area contributed by atoms with E-state index in [0.29, 0.717) is 5.92 Å². The van der Waals surface area contributed by atoms with E-state index in [-0.39, 0.29) is 0 Å². The van der Waals surface area contributed by atoms with Crippen LogP contribution >= 0.6 is 15.9 Å². The number of nitrogens with zero attached hydrogens (tertiary/aromatic N) is 2. The Labute approximate surface area is 128 Å². The highest BCUT2D eigenvalue weighted by molar-refractivity contribution is 9.10. The van der Waals surface area contributed by atoms with Crippen LogP contribution in [0.5, 0.6) is 0 Å². The molecule has 20 heavy (non-hydrogen) atoms. The molecule has 2 aromatic rings. The molecular formula is C16H20BrN3. The van der Waals surface area contributed by atoms with Gasteiger partial charge in [-0.2, -0.15) is 5.10 Å². The second-order valence-electron chi connectivity index (χ2n) is 5.58. The maximum atomic E-state index is 6.29. The zero-order valence-corrected chi connectivity index (χ0v) is 13.4. The molecule has 1 saturated carbocycles. The van der Waals surface area contributed by atoms with E-state index in [1.54, 1.807) is 0 Å². The van der Waals surface area contributed by atoms with Gasteiger partial charge in [-0.25, -0.2) is 0 Å². The lowest BCUT2D eigenvalue weighted by molar-refractivity contribution is 0.434. The van der Waals surface area contributed by atoms with Gasteiger partial charge in [-0.1, -0.05) is 53.4 Å². The summed E-state index contributed by atoms with van der Waals surface area (Å²) in [5, 5.41) is 4.72. The highest BCUT2D eigenvalue weighted by atomic mass is 79.9. The molecule has 0 saturated heterocycles. The molecule has 2 N–H and O–H groups in total. The number of halogens is 1. The van der Waals surface area contributed by atoms with E-state index in [1.807, 2.05) is 17.8 Å². The number of nitrogen functional groups attached to an aromatic ring is 1. The lowest BCUT2D eigenvalue weighted by atomic mass is 9.84. The van der Waals surface area contributed by atoms with Crippen LogP contribution in [0.15, 0.2) is 28.7 Å². The predicted octanol–water partition coefficient (Wildman–Crippen LogP) is 4.48. The van der Waals surface area contributed by atoms with Gasteiger partial charge >= 0.3 is 0 Å². The van der Waals surface area contributed by atoms with Crippen LogP contribution in [-0.2, 0) is 7.05 Å². The van der Waals surface area contributed by atoms with Crippen molar-refractivity contribution in [2.45, 2.75) is 38.0 Å². The molecule has 0 bridgehead atoms. The van der Waals surface area contributed by atoms with Gasteiger partial charge < -0.3 is 5.73 Å². The van der Waals surface area contributed by atoms with E-state index in [9.17, 15) is 0 Å². The van der Waals surface area contributed by atoms with Crippen LogP contribution in [0.3, 0.4) is 0 Å². The van der Waals surface area contributed by atoms with Gasteiger partial charge in [0.05, 0.1) is 5.69 Å². The van der Waals surface area contributed by atoms with Gasteiger partial charge in [-0.05, 0) is 18.9 Å². The summed E-state index contributed by atoms with van der Waals surface area (Å²) >= 11 is 3.64. The minimum atomic E-state index is 0.550. The van der Waals surface area contributed by atoms with Gasteiger partial charge in [0.2, 0.25) is 0 Å². The lowest BCUT2D eigenvalue weighted by Crippen LogP contribution is -2.07. The molecular weight excluding hydrogens is 314 g/mol. The van der Waals surface area contributed by atoms with Crippen molar-refractivity contribution in [1.29, 1.82) is 0 Å². The molecule has 1 aliphatic rings. The molecule has 0 spiro atoms. The lowest BCUT2D eigenvalue weighted by Gasteiger charge is -2.21. The quantitative estimate of drug-likeness (QED) is 0.880. The predicted molar refractivity (Wildman–Crippen MR) is 86.6 cm³/mol. The molecule has 0 radical (unpaired) electrons. The van der Waals surface area contributed by atoms with Crippen LogP contribution in [-0.4, -0.2) is 9.78 Å². The number of hydrogen-bond acceptors (Lipinski definition) is 2. The average Bonchev–Trinajstić information content (AvgIpc) is 2.77. The molecule has 4 heteroatoms. The number of aryl methyl sites for hydroxylation is 1. The summed E-state index contributed by atoms with van der Waals surface area (Å²) in [6, 6.07) is 8.26. The summed E-state index contributed by atoms with van der Waals surface area (Å²) < 4.78 is 2.90. The largest absolute Gasteiger partial charge is 0.383 e. The standard InChI is InChI=1S/C16H20BrN3/c1-20-16(18)14(12-9-5-6-10-13(12)17)15(19-20)11-7-3-2-4-8-11/h5-6,9-11H,2-4,7-8,18H2,1H3. The smallest absolute Gasteiger partial charge is 0.129 e. The summed E-state index contributed by atoms with van der Waals surface area (Å²) in [6.45, 7) is 0. The highest BCUT2D eigenvalue weighted by Crippen LogP contribution is 2.42. The van der Waals surface area contributed by atoms with Crippen molar-refractivity contribution in [2.24, 2.45) is 7.05 Å². The summed E-state index contributed by atoms with van der Waals surface area (Å²) in [5.41, 5.74) is 9.74. The zero-order valence-electron chi connectivity index (χ0n) is 11.8. The fourth-order valence-electron chi connectivity index (χ4n) is 3.16. The van der Waals surface area contributed by atoms with E-state index in [2.05, 4.69) is 34.1 Å². The molecule has 0 atom stereocenters. The normalized spacial score (nSPS) is 16.5. The third-order valence-corrected chi connectivity index (χ3v) is 4.95. The molecule has 0 amide bonds. The van der Waals surface area contributed by atoms with Crippen molar-refractivity contribution in [1.82, 2.24) is 9.78 Å². The van der Waals surface area contributed by atoms with Crippen molar-refractivity contribution in [3.05, 3.63) is 34.4 Å². The molecule has 1 heterocycles. The molecule has 1 aromatic carbocycles. The maximum Gasteiger partial charge on any atom is 0.129 e. The fourth-order valence-corrected chi connectivity index (χ4v) is 3.64. The van der Waals surface area contributed by atoms with Gasteiger partial charge in [0.15, 0.2) is 0 Å². The number of anilines is 1. The Kier molecular flexibility index (Phi) is 3.83. The zero-order chi connectivity index (χ0) is 14.1. The van der Waals surface area contributed by atoms with Crippen LogP contribution in [0.4, 0.5) is 5.82 Å². The third-order valence-electron chi connectivity index (χ3n) is 4.25. The number of nitrogens with two attached hydrogens (primary N) is 1. The molecule has 3 nitrogen and oxygen atoms in total. The van der Waals surface area contributed by atoms with E-state index in [0.717, 1.165) is 21.4 Å². The third kappa shape index (κ3) is 2.37. The summed E-state index contributed by atoms with van der Waals surface area (Å²) in [5.74, 6) is 1.31. The molecule has 1 aromatic heterocycles. The molecule has 1 fully saturated rings. The van der Waals surface area contributed by atoms with E-state index in [1.165, 1.54) is 37.8 Å². The number of rotatable bonds is 2. The monoisotopic (exact) mass is 333 g/mol. The minimum absolute atomic E-state index is 0.550. The summed E-state index contributed by atoms with van der Waals surface area (Å²) in [6.07, 6.45) is 6.41. The summed E-state index contributed by atoms with van der Waals surface area (Å²) in [4.78, 5) is 0. The average molecular weight is 334 g/mol. The second kappa shape index (κ2) is 5.60. The SMILES string of the molecule is Cn1nc(C2CCCCC2)c(-c2ccccc2Br)c1N. The van der Waals surface area contributed by atoms with Gasteiger partial charge in [-0.15, -0.1) is 0 Å². The topological polar surface area (TPSA) is 43.8 Å². The first-order chi connectivity index (χ1) is 9.68. The van der Waals surface area contributed by atoms with Crippen LogP contribution in [0.2, 0.25) is 0 Å². The van der Waals surface area contributed by atoms with Crippen molar-refractivity contribution < 1.29 is 0 Å². The molecule has 0 unspecified atom stereocenters. The van der Waals surface area contributed by atoms with Gasteiger partial charge in [0, 0.05) is 28.6 Å². The van der Waals surface area contributed by atoms with E-state index >= 15 is 0 Å². The first kappa shape index (κ1) is 13.7. The van der Waals surface area contributed by atoms with Gasteiger partial charge in [0.1, 0.15) is 5.82 Å². The molecule has 106 valence electrons. The Morgan fingerprint density at radius 1 is 1.20 bits per heavy atom. The van der Waals surface area contributed by atoms with Crippen LogP contribution in [0, 0.1) is 0 Å². The van der Waals surface area contributed by atoms with Crippen LogP contribution < -0.4 is 5.73 Å². The van der Waals surface area contributed by atoms with Crippen molar-refractivity contribution in [3.8, 4) is 11.1 Å². The number of hydrogen-bond donors (Lipinski definition) is 1. The van der Waals surface area contributed by atoms with Crippen LogP contribution in [0.1, 0.15) is 43.7 Å². The Morgan fingerprint density at radius 2 is 1.90 bits per heavy atom. The fraction of sp³-hybridized carbons (Fsp3) is 0.438. The Bertz CT molecular complexity index is 612. The minimum Gasteiger partial charge on any atom is -0.383 e. The first-order valence-corrected chi connectivity index (χ1v) is 8.05. The van der Waals surface area contributed by atoms with Crippen molar-refractivity contribution in [3.63, 3.8) is 0 Å². The molecule has 3 rings (SSSR count). The van der Waals surface area contributed by atoms with E-state index < -0.39 is 0 Å². The number of benzene rings is 1. The van der Waals surface area contributed by atoms with E-state index in [4.69, 9.17) is 10.8 Å². The second-order valence-corrected chi connectivity index (χ2v) is 6.44. The van der Waals surface area contributed by atoms with Gasteiger partial charge in [0.25, 0.3) is 0 Å². The summed E-state index contributed by atoms with van der Waals surface area (Å²) in [7, 11) is 1.93. The molecule has 1 aliphatic carbocycles. The number of aromatic nitrogens is 2. The Hall–Kier alpha value is -1.29. The maximum absolute atomic E-state index is 6.29.